The summed E-state index contributed by atoms with van der Waals surface area (Å²) in [6.45, 7) is 0. The molecular weight excluding hydrogens is 342 g/mol. The number of nitro groups is 1. The highest BCUT2D eigenvalue weighted by Crippen LogP contribution is 2.29. The van der Waals surface area contributed by atoms with Crippen molar-refractivity contribution in [2.45, 2.75) is 0 Å². The molecule has 0 fully saturated rings. The van der Waals surface area contributed by atoms with Crippen molar-refractivity contribution in [3.8, 4) is 5.75 Å². The van der Waals surface area contributed by atoms with Crippen molar-refractivity contribution < 1.29 is 14.5 Å². The number of methoxy groups -OCH3 is 1. The zero-order chi connectivity index (χ0) is 15.4. The lowest BCUT2D eigenvalue weighted by Gasteiger charge is -2.07. The number of ether oxygens (including phenoxy) is 1. The molecule has 1 aromatic heterocycles. The minimum absolute atomic E-state index is 0.0765. The van der Waals surface area contributed by atoms with Crippen LogP contribution in [0.1, 0.15) is 10.5 Å². The number of rotatable bonds is 4. The number of nitrogens with one attached hydrogen (secondary N) is 1. The molecule has 0 bridgehead atoms. The lowest BCUT2D eigenvalue weighted by molar-refractivity contribution is -0.384. The van der Waals surface area contributed by atoms with Gasteiger partial charge in [0.15, 0.2) is 0 Å². The summed E-state index contributed by atoms with van der Waals surface area (Å²) in [5, 5.41) is 13.5. The van der Waals surface area contributed by atoms with Crippen molar-refractivity contribution in [1.29, 1.82) is 0 Å². The molecule has 21 heavy (non-hydrogen) atoms. The topological polar surface area (TPSA) is 94.4 Å². The van der Waals surface area contributed by atoms with Crippen molar-refractivity contribution in [2.24, 2.45) is 0 Å². The van der Waals surface area contributed by atoms with Crippen LogP contribution in [0.5, 0.6) is 5.75 Å². The van der Waals surface area contributed by atoms with Crippen LogP contribution in [0, 0.1) is 10.1 Å². The highest BCUT2D eigenvalue weighted by atomic mass is 79.9. The van der Waals surface area contributed by atoms with E-state index < -0.39 is 10.8 Å². The molecule has 108 valence electrons. The van der Waals surface area contributed by atoms with E-state index in [9.17, 15) is 14.9 Å². The lowest BCUT2D eigenvalue weighted by atomic mass is 10.2. The van der Waals surface area contributed by atoms with E-state index in [1.807, 2.05) is 0 Å². The van der Waals surface area contributed by atoms with Crippen LogP contribution in [0.2, 0.25) is 0 Å². The van der Waals surface area contributed by atoms with Gasteiger partial charge in [0, 0.05) is 10.7 Å². The molecule has 0 aliphatic heterocycles. The summed E-state index contributed by atoms with van der Waals surface area (Å²) in [5.74, 6) is -0.204. The van der Waals surface area contributed by atoms with Crippen LogP contribution in [-0.4, -0.2) is 22.9 Å². The minimum atomic E-state index is -0.591. The predicted molar refractivity (Wildman–Crippen MR) is 79.5 cm³/mol. The molecule has 0 saturated carbocycles. The Morgan fingerprint density at radius 1 is 1.38 bits per heavy atom. The number of hydrogen-bond acceptors (Lipinski definition) is 5. The monoisotopic (exact) mass is 351 g/mol. The number of carbonyl (C=O) groups excluding carboxylic acids is 1. The van der Waals surface area contributed by atoms with E-state index in [4.69, 9.17) is 4.74 Å². The molecule has 1 amide bonds. The van der Waals surface area contributed by atoms with Crippen LogP contribution in [-0.2, 0) is 0 Å². The summed E-state index contributed by atoms with van der Waals surface area (Å²) >= 11 is 3.23. The Morgan fingerprint density at radius 2 is 2.14 bits per heavy atom. The standard InChI is InChI=1S/C13H10BrN3O4/c1-21-9-2-3-10(12(7-9)17(19)20)16-13(18)11-6-8(14)4-5-15-11/h2-7H,1H3,(H,16,18). The van der Waals surface area contributed by atoms with Gasteiger partial charge in [-0.2, -0.15) is 0 Å². The van der Waals surface area contributed by atoms with Gasteiger partial charge < -0.3 is 10.1 Å². The lowest BCUT2D eigenvalue weighted by Crippen LogP contribution is -2.14. The minimum Gasteiger partial charge on any atom is -0.496 e. The average Bonchev–Trinajstić information content (AvgIpc) is 2.47. The number of benzene rings is 1. The van der Waals surface area contributed by atoms with E-state index in [1.54, 1.807) is 6.07 Å². The molecule has 1 heterocycles. The Bertz CT molecular complexity index is 706. The van der Waals surface area contributed by atoms with Gasteiger partial charge in [0.25, 0.3) is 11.6 Å². The van der Waals surface area contributed by atoms with E-state index in [0.29, 0.717) is 10.2 Å². The third-order valence-electron chi connectivity index (χ3n) is 2.60. The molecule has 2 aromatic rings. The van der Waals surface area contributed by atoms with Crippen LogP contribution in [0.3, 0.4) is 0 Å². The molecule has 0 aliphatic carbocycles. The highest BCUT2D eigenvalue weighted by molar-refractivity contribution is 9.10. The summed E-state index contributed by atoms with van der Waals surface area (Å²) in [6.07, 6.45) is 1.46. The molecule has 0 spiro atoms. The normalized spacial score (nSPS) is 10.0. The van der Waals surface area contributed by atoms with E-state index in [2.05, 4.69) is 26.2 Å². The van der Waals surface area contributed by atoms with Crippen molar-refractivity contribution in [2.75, 3.05) is 12.4 Å². The van der Waals surface area contributed by atoms with E-state index in [1.165, 1.54) is 37.6 Å². The second kappa shape index (κ2) is 6.31. The third kappa shape index (κ3) is 3.54. The van der Waals surface area contributed by atoms with Crippen LogP contribution < -0.4 is 10.1 Å². The predicted octanol–water partition coefficient (Wildman–Crippen LogP) is 3.01. The average molecular weight is 352 g/mol. The first-order valence-corrected chi connectivity index (χ1v) is 6.56. The molecule has 0 unspecified atom stereocenters. The third-order valence-corrected chi connectivity index (χ3v) is 3.10. The first-order valence-electron chi connectivity index (χ1n) is 5.76. The zero-order valence-corrected chi connectivity index (χ0v) is 12.5. The second-order valence-corrected chi connectivity index (χ2v) is 4.87. The number of pyridine rings is 1. The Kier molecular flexibility index (Phi) is 4.49. The molecule has 0 aliphatic rings. The molecule has 7 nitrogen and oxygen atoms in total. The van der Waals surface area contributed by atoms with E-state index >= 15 is 0 Å². The molecule has 0 radical (unpaired) electrons. The number of halogens is 1. The summed E-state index contributed by atoms with van der Waals surface area (Å²) in [7, 11) is 1.41. The first kappa shape index (κ1) is 14.9. The number of aromatic nitrogens is 1. The molecular formula is C13H10BrN3O4. The number of nitrogens with zero attached hydrogens (tertiary/aromatic N) is 2. The Hall–Kier alpha value is -2.48. The number of amides is 1. The van der Waals surface area contributed by atoms with Crippen LogP contribution in [0.4, 0.5) is 11.4 Å². The van der Waals surface area contributed by atoms with E-state index in [0.717, 1.165) is 0 Å². The Balaban J connectivity index is 2.31. The van der Waals surface area contributed by atoms with Gasteiger partial charge in [-0.25, -0.2) is 0 Å². The molecule has 8 heteroatoms. The van der Waals surface area contributed by atoms with Gasteiger partial charge in [0.2, 0.25) is 0 Å². The van der Waals surface area contributed by atoms with Gasteiger partial charge >= 0.3 is 0 Å². The van der Waals surface area contributed by atoms with Crippen LogP contribution >= 0.6 is 15.9 Å². The van der Waals surface area contributed by atoms with Crippen molar-refractivity contribution in [3.05, 3.63) is 56.8 Å². The first-order chi connectivity index (χ1) is 10.0. The molecule has 1 aromatic carbocycles. The molecule has 2 rings (SSSR count). The van der Waals surface area contributed by atoms with Gasteiger partial charge in [-0.1, -0.05) is 15.9 Å². The maximum Gasteiger partial charge on any atom is 0.296 e. The van der Waals surface area contributed by atoms with Gasteiger partial charge in [0.1, 0.15) is 17.1 Å². The quantitative estimate of drug-likeness (QED) is 0.674. The van der Waals surface area contributed by atoms with Crippen molar-refractivity contribution in [1.82, 2.24) is 4.98 Å². The fraction of sp³-hybridized carbons (Fsp3) is 0.0769. The van der Waals surface area contributed by atoms with Gasteiger partial charge in [-0.15, -0.1) is 0 Å². The SMILES string of the molecule is COc1ccc(NC(=O)c2cc(Br)ccn2)c([N+](=O)[O-])c1. The zero-order valence-electron chi connectivity index (χ0n) is 10.9. The molecule has 1 N–H and O–H groups in total. The van der Waals surface area contributed by atoms with Gasteiger partial charge in [-0.3, -0.25) is 19.9 Å². The fourth-order valence-corrected chi connectivity index (χ4v) is 1.95. The summed E-state index contributed by atoms with van der Waals surface area (Å²) in [4.78, 5) is 26.4. The molecule has 0 atom stereocenters. The second-order valence-electron chi connectivity index (χ2n) is 3.95. The Morgan fingerprint density at radius 3 is 2.76 bits per heavy atom. The number of carbonyl (C=O) groups is 1. The van der Waals surface area contributed by atoms with Crippen molar-refractivity contribution in [3.63, 3.8) is 0 Å². The number of nitro benzene ring substituents is 1. The molecule has 0 saturated heterocycles. The van der Waals surface area contributed by atoms with Crippen molar-refractivity contribution >= 4 is 33.2 Å². The maximum absolute atomic E-state index is 12.0. The summed E-state index contributed by atoms with van der Waals surface area (Å²) < 4.78 is 5.62. The van der Waals surface area contributed by atoms with Crippen LogP contribution in [0.25, 0.3) is 0 Å². The maximum atomic E-state index is 12.0. The number of hydrogen-bond donors (Lipinski definition) is 1. The summed E-state index contributed by atoms with van der Waals surface area (Å²) in [5.41, 5.74) is -0.0280. The largest absolute Gasteiger partial charge is 0.496 e. The van der Waals surface area contributed by atoms with Gasteiger partial charge in [0.05, 0.1) is 18.1 Å². The fourth-order valence-electron chi connectivity index (χ4n) is 1.61. The van der Waals surface area contributed by atoms with E-state index in [-0.39, 0.29) is 17.1 Å². The smallest absolute Gasteiger partial charge is 0.296 e. The number of anilines is 1. The van der Waals surface area contributed by atoms with Gasteiger partial charge in [-0.05, 0) is 24.3 Å². The highest BCUT2D eigenvalue weighted by Gasteiger charge is 2.18. The van der Waals surface area contributed by atoms with Crippen LogP contribution in [0.15, 0.2) is 41.0 Å². The Labute approximate surface area is 128 Å². The summed E-state index contributed by atoms with van der Waals surface area (Å²) in [6, 6.07) is 7.37.